The molecular weight excluding hydrogens is 465 g/mol. The molecule has 3 heterocycles. The molecule has 0 amide bonds. The fraction of sp³-hybridized carbons (Fsp3) is 0.480. The number of benzene rings is 1. The van der Waals surface area contributed by atoms with E-state index in [0.717, 1.165) is 16.8 Å². The highest BCUT2D eigenvalue weighted by atomic mass is 32.1. The number of hydrogen-bond acceptors (Lipinski definition) is 8. The molecule has 0 saturated carbocycles. The highest BCUT2D eigenvalue weighted by Gasteiger charge is 2.53. The van der Waals surface area contributed by atoms with E-state index >= 15 is 0 Å². The predicted molar refractivity (Wildman–Crippen MR) is 137 cm³/mol. The van der Waals surface area contributed by atoms with Gasteiger partial charge in [-0.2, -0.15) is 5.10 Å². The summed E-state index contributed by atoms with van der Waals surface area (Å²) < 4.78 is 25.5. The number of carbonyl (C=O) groups is 1. The number of rotatable bonds is 7. The van der Waals surface area contributed by atoms with E-state index in [9.17, 15) is 4.79 Å². The number of esters is 1. The van der Waals surface area contributed by atoms with Crippen LogP contribution in [0, 0.1) is 0 Å². The molecule has 8 nitrogen and oxygen atoms in total. The van der Waals surface area contributed by atoms with Crippen LogP contribution in [-0.4, -0.2) is 51.3 Å². The van der Waals surface area contributed by atoms with Crippen molar-refractivity contribution in [1.82, 2.24) is 14.8 Å². The van der Waals surface area contributed by atoms with Gasteiger partial charge in [0, 0.05) is 22.6 Å². The predicted octanol–water partition coefficient (Wildman–Crippen LogP) is 4.65. The van der Waals surface area contributed by atoms with Gasteiger partial charge >= 0.3 is 13.1 Å². The Bertz CT molecular complexity index is 1200. The van der Waals surface area contributed by atoms with Gasteiger partial charge in [-0.3, -0.25) is 0 Å². The minimum absolute atomic E-state index is 0.0460. The van der Waals surface area contributed by atoms with E-state index in [1.807, 2.05) is 72.0 Å². The highest BCUT2D eigenvalue weighted by molar-refractivity contribution is 7.12. The molecule has 0 N–H and O–H groups in total. The van der Waals surface area contributed by atoms with Crippen molar-refractivity contribution in [2.24, 2.45) is 0 Å². The van der Waals surface area contributed by atoms with Crippen molar-refractivity contribution < 1.29 is 23.6 Å². The fourth-order valence-electron chi connectivity index (χ4n) is 3.58. The summed E-state index contributed by atoms with van der Waals surface area (Å²) >= 11 is 1.31. The highest BCUT2D eigenvalue weighted by Crippen LogP contribution is 2.37. The second-order valence-electron chi connectivity index (χ2n) is 10.1. The number of hydrogen-bond donors (Lipinski definition) is 0. The first-order valence-corrected chi connectivity index (χ1v) is 12.6. The van der Waals surface area contributed by atoms with Crippen molar-refractivity contribution in [2.75, 3.05) is 0 Å². The van der Waals surface area contributed by atoms with Crippen molar-refractivity contribution in [2.45, 2.75) is 78.8 Å². The number of ether oxygens (including phenoxy) is 2. The largest absolute Gasteiger partial charge is 0.498 e. The Kier molecular flexibility index (Phi) is 6.83. The average Bonchev–Trinajstić information content (AvgIpc) is 3.43. The van der Waals surface area contributed by atoms with Crippen molar-refractivity contribution >= 4 is 29.9 Å². The van der Waals surface area contributed by atoms with E-state index < -0.39 is 24.3 Å². The number of carbonyl (C=O) groups excluding carboxylic acids is 1. The summed E-state index contributed by atoms with van der Waals surface area (Å²) in [5, 5.41) is 7.06. The third kappa shape index (κ3) is 5.29. The first kappa shape index (κ1) is 25.4. The number of thiazole rings is 1. The second kappa shape index (κ2) is 9.41. The topological polar surface area (TPSA) is 84.7 Å². The molecule has 0 atom stereocenters. The van der Waals surface area contributed by atoms with Crippen LogP contribution in [0.3, 0.4) is 0 Å². The van der Waals surface area contributed by atoms with Crippen LogP contribution >= 0.6 is 11.3 Å². The molecule has 0 spiro atoms. The zero-order valence-corrected chi connectivity index (χ0v) is 22.3. The Hall–Kier alpha value is -2.69. The molecule has 0 aliphatic carbocycles. The molecule has 1 aliphatic heterocycles. The lowest BCUT2D eigenvalue weighted by molar-refractivity contribution is 0.00578. The quantitative estimate of drug-likeness (QED) is 0.347. The van der Waals surface area contributed by atoms with Gasteiger partial charge in [0.2, 0.25) is 5.13 Å². The summed E-state index contributed by atoms with van der Waals surface area (Å²) in [5.41, 5.74) is 1.57. The van der Waals surface area contributed by atoms with E-state index in [1.54, 1.807) is 23.9 Å². The van der Waals surface area contributed by atoms with Crippen LogP contribution < -0.4 is 10.2 Å². The summed E-state index contributed by atoms with van der Waals surface area (Å²) in [5.74, 6) is 0.291. The molecule has 1 fully saturated rings. The Labute approximate surface area is 210 Å². The van der Waals surface area contributed by atoms with Crippen molar-refractivity contribution in [1.29, 1.82) is 0 Å². The van der Waals surface area contributed by atoms with Crippen LogP contribution in [0.15, 0.2) is 35.8 Å². The Balaban J connectivity index is 1.76. The molecule has 0 bridgehead atoms. The minimum atomic E-state index is -0.622. The molecule has 0 radical (unpaired) electrons. The van der Waals surface area contributed by atoms with E-state index in [0.29, 0.717) is 10.8 Å². The van der Waals surface area contributed by atoms with Crippen molar-refractivity contribution in [3.8, 4) is 22.1 Å². The molecular formula is C25H32BN3O5S. The molecule has 2 aromatic heterocycles. The standard InChI is InChI=1S/C25H32BN3O5S/c1-15(2)31-18-11-9-10-17(12-18)21-19(26-33-24(5,6)25(7,8)34-26)13-29(28-21)23-27-20(14-35-23)22(30)32-16(3)4/h9-16H,1-8H3. The molecule has 10 heteroatoms. The molecule has 186 valence electrons. The van der Waals surface area contributed by atoms with Gasteiger partial charge in [-0.25, -0.2) is 14.5 Å². The average molecular weight is 497 g/mol. The zero-order valence-electron chi connectivity index (χ0n) is 21.5. The van der Waals surface area contributed by atoms with E-state index in [1.165, 1.54) is 11.3 Å². The lowest BCUT2D eigenvalue weighted by Gasteiger charge is -2.32. The molecule has 0 unspecified atom stereocenters. The molecule has 4 rings (SSSR count). The first-order chi connectivity index (χ1) is 16.4. The summed E-state index contributed by atoms with van der Waals surface area (Å²) in [6, 6.07) is 7.78. The van der Waals surface area contributed by atoms with Gasteiger partial charge in [0.1, 0.15) is 5.75 Å². The Morgan fingerprint density at radius 1 is 1.09 bits per heavy atom. The first-order valence-electron chi connectivity index (χ1n) is 11.8. The zero-order chi connectivity index (χ0) is 25.5. The van der Waals surface area contributed by atoms with Gasteiger partial charge in [0.15, 0.2) is 5.69 Å². The van der Waals surface area contributed by atoms with Crippen LogP contribution in [0.1, 0.15) is 65.9 Å². The van der Waals surface area contributed by atoms with Gasteiger partial charge in [0.05, 0.1) is 29.1 Å². The summed E-state index contributed by atoms with van der Waals surface area (Å²) in [6.45, 7) is 15.6. The van der Waals surface area contributed by atoms with Crippen LogP contribution in [0.5, 0.6) is 5.75 Å². The molecule has 35 heavy (non-hydrogen) atoms. The van der Waals surface area contributed by atoms with E-state index in [2.05, 4.69) is 4.98 Å². The van der Waals surface area contributed by atoms with Crippen LogP contribution in [0.2, 0.25) is 0 Å². The lowest BCUT2D eigenvalue weighted by Crippen LogP contribution is -2.41. The monoisotopic (exact) mass is 497 g/mol. The summed E-state index contributed by atoms with van der Waals surface area (Å²) in [7, 11) is -0.622. The van der Waals surface area contributed by atoms with Gasteiger partial charge in [-0.15, -0.1) is 11.3 Å². The Morgan fingerprint density at radius 3 is 2.40 bits per heavy atom. The van der Waals surface area contributed by atoms with Gasteiger partial charge < -0.3 is 18.8 Å². The van der Waals surface area contributed by atoms with Crippen molar-refractivity contribution in [3.05, 3.63) is 41.5 Å². The summed E-state index contributed by atoms with van der Waals surface area (Å²) in [4.78, 5) is 16.8. The van der Waals surface area contributed by atoms with E-state index in [-0.39, 0.29) is 17.9 Å². The second-order valence-corrected chi connectivity index (χ2v) is 11.0. The smallest absolute Gasteiger partial charge is 0.491 e. The Morgan fingerprint density at radius 2 is 1.77 bits per heavy atom. The van der Waals surface area contributed by atoms with Crippen molar-refractivity contribution in [3.63, 3.8) is 0 Å². The maximum absolute atomic E-state index is 12.3. The fourth-order valence-corrected chi connectivity index (χ4v) is 4.30. The van der Waals surface area contributed by atoms with Crippen LogP contribution in [0.25, 0.3) is 16.4 Å². The molecule has 1 aliphatic rings. The summed E-state index contributed by atoms with van der Waals surface area (Å²) in [6.07, 6.45) is 1.67. The third-order valence-corrected chi connectivity index (χ3v) is 6.80. The normalized spacial score (nSPS) is 16.8. The van der Waals surface area contributed by atoms with Gasteiger partial charge in [-0.05, 0) is 67.5 Å². The molecule has 1 saturated heterocycles. The number of nitrogens with zero attached hydrogens (tertiary/aromatic N) is 3. The van der Waals surface area contributed by atoms with Crippen LogP contribution in [-0.2, 0) is 14.0 Å². The minimum Gasteiger partial charge on any atom is -0.491 e. The maximum atomic E-state index is 12.3. The lowest BCUT2D eigenvalue weighted by atomic mass is 9.78. The maximum Gasteiger partial charge on any atom is 0.498 e. The van der Waals surface area contributed by atoms with Gasteiger partial charge in [-0.1, -0.05) is 12.1 Å². The molecule has 1 aromatic carbocycles. The molecule has 3 aromatic rings. The number of aromatic nitrogens is 3. The SMILES string of the molecule is CC(C)OC(=O)c1csc(-n2cc(B3OC(C)(C)C(C)(C)O3)c(-c3cccc(OC(C)C)c3)n2)n1. The van der Waals surface area contributed by atoms with Gasteiger partial charge in [0.25, 0.3) is 0 Å². The van der Waals surface area contributed by atoms with E-state index in [4.69, 9.17) is 23.9 Å². The third-order valence-electron chi connectivity index (χ3n) is 5.97. The van der Waals surface area contributed by atoms with Crippen LogP contribution in [0.4, 0.5) is 0 Å².